The molecule has 0 aliphatic carbocycles. The van der Waals surface area contributed by atoms with Crippen LogP contribution in [0.25, 0.3) is 11.0 Å². The van der Waals surface area contributed by atoms with Gasteiger partial charge in [-0.25, -0.2) is 18.7 Å². The van der Waals surface area contributed by atoms with Crippen molar-refractivity contribution in [3.8, 4) is 0 Å². The highest BCUT2D eigenvalue weighted by Crippen LogP contribution is 2.29. The molecule has 30 heavy (non-hydrogen) atoms. The molecule has 2 heterocycles. The molecule has 0 saturated heterocycles. The lowest BCUT2D eigenvalue weighted by Gasteiger charge is -2.10. The zero-order valence-corrected chi connectivity index (χ0v) is 15.7. The van der Waals surface area contributed by atoms with Gasteiger partial charge in [-0.15, -0.1) is 0 Å². The van der Waals surface area contributed by atoms with Gasteiger partial charge in [-0.3, -0.25) is 9.59 Å². The summed E-state index contributed by atoms with van der Waals surface area (Å²) in [6.45, 7) is 1.92. The normalized spacial score (nSPS) is 10.9. The molecule has 150 valence electrons. The van der Waals surface area contributed by atoms with Crippen molar-refractivity contribution in [2.24, 2.45) is 5.73 Å². The van der Waals surface area contributed by atoms with Crippen molar-refractivity contribution < 1.29 is 18.4 Å². The second-order valence-electron chi connectivity index (χ2n) is 6.62. The number of fused-ring (bicyclic) bond motifs is 1. The fourth-order valence-corrected chi connectivity index (χ4v) is 3.18. The van der Waals surface area contributed by atoms with Gasteiger partial charge in [-0.2, -0.15) is 0 Å². The summed E-state index contributed by atoms with van der Waals surface area (Å²) < 4.78 is 29.1. The Hall–Kier alpha value is -4.14. The Labute approximate surface area is 169 Å². The minimum atomic E-state index is -1.31. The number of H-pyrrole nitrogens is 1. The van der Waals surface area contributed by atoms with Crippen LogP contribution >= 0.6 is 0 Å². The predicted molar refractivity (Wildman–Crippen MR) is 107 cm³/mol. The molecule has 4 N–H and O–H groups in total. The third-order valence-corrected chi connectivity index (χ3v) is 4.58. The molecule has 0 bridgehead atoms. The van der Waals surface area contributed by atoms with Crippen molar-refractivity contribution >= 4 is 34.2 Å². The summed E-state index contributed by atoms with van der Waals surface area (Å²) >= 11 is 0. The highest BCUT2D eigenvalue weighted by molar-refractivity contribution is 6.19. The molecule has 0 unspecified atom stereocenters. The van der Waals surface area contributed by atoms with E-state index in [4.69, 9.17) is 5.73 Å². The molecule has 0 aliphatic rings. The fraction of sp³-hybridized carbons (Fsp3) is 0.0476. The Bertz CT molecular complexity index is 1320. The van der Waals surface area contributed by atoms with E-state index >= 15 is 0 Å². The van der Waals surface area contributed by atoms with E-state index in [1.807, 2.05) is 31.2 Å². The number of aromatic amines is 1. The molecule has 9 heteroatoms. The van der Waals surface area contributed by atoms with Gasteiger partial charge >= 0.3 is 0 Å². The Morgan fingerprint density at radius 2 is 1.90 bits per heavy atom. The minimum Gasteiger partial charge on any atom is -0.366 e. The van der Waals surface area contributed by atoms with Crippen molar-refractivity contribution in [2.45, 2.75) is 6.92 Å². The lowest BCUT2D eigenvalue weighted by atomic mass is 9.99. The minimum absolute atomic E-state index is 0.0554. The van der Waals surface area contributed by atoms with E-state index in [0.717, 1.165) is 17.7 Å². The first-order valence-corrected chi connectivity index (χ1v) is 8.85. The van der Waals surface area contributed by atoms with E-state index in [1.54, 1.807) is 0 Å². The molecule has 0 radical (unpaired) electrons. The number of carbonyl (C=O) groups excluding carboxylic acids is 2. The molecule has 1 amide bonds. The number of halogens is 2. The average molecular weight is 407 g/mol. The predicted octanol–water partition coefficient (Wildman–Crippen LogP) is 3.62. The second kappa shape index (κ2) is 7.36. The summed E-state index contributed by atoms with van der Waals surface area (Å²) in [5.74, 6) is -4.22. The van der Waals surface area contributed by atoms with Gasteiger partial charge in [0, 0.05) is 11.9 Å². The molecule has 2 aromatic heterocycles. The maximum Gasteiger partial charge on any atom is 0.251 e. The Morgan fingerprint density at radius 1 is 1.10 bits per heavy atom. The summed E-state index contributed by atoms with van der Waals surface area (Å²) in [5.41, 5.74) is 5.62. The largest absolute Gasteiger partial charge is 0.366 e. The number of hydrogen-bond donors (Lipinski definition) is 3. The molecule has 0 aliphatic heterocycles. The van der Waals surface area contributed by atoms with Gasteiger partial charge in [0.05, 0.1) is 22.1 Å². The van der Waals surface area contributed by atoms with Crippen LogP contribution < -0.4 is 11.1 Å². The highest BCUT2D eigenvalue weighted by atomic mass is 19.1. The van der Waals surface area contributed by atoms with Crippen molar-refractivity contribution in [3.05, 3.63) is 82.8 Å². The van der Waals surface area contributed by atoms with Gasteiger partial charge in [0.1, 0.15) is 29.4 Å². The topological polar surface area (TPSA) is 114 Å². The fourth-order valence-electron chi connectivity index (χ4n) is 3.18. The molecule has 7 nitrogen and oxygen atoms in total. The maximum absolute atomic E-state index is 14.7. The molecule has 0 atom stereocenters. The van der Waals surface area contributed by atoms with Gasteiger partial charge in [0.15, 0.2) is 0 Å². The van der Waals surface area contributed by atoms with Crippen molar-refractivity contribution in [1.82, 2.24) is 15.0 Å². The Balaban J connectivity index is 1.86. The van der Waals surface area contributed by atoms with Crippen LogP contribution in [0.5, 0.6) is 0 Å². The first-order valence-electron chi connectivity index (χ1n) is 8.85. The number of nitrogens with one attached hydrogen (secondary N) is 2. The average Bonchev–Trinajstić information content (AvgIpc) is 3.13. The first-order chi connectivity index (χ1) is 14.4. The van der Waals surface area contributed by atoms with Crippen LogP contribution in [0.4, 0.5) is 20.3 Å². The Kier molecular flexibility index (Phi) is 4.71. The number of aryl methyl sites for hydroxylation is 1. The molecule has 2 aromatic carbocycles. The maximum atomic E-state index is 14.7. The number of hydrogen-bond acceptors (Lipinski definition) is 5. The van der Waals surface area contributed by atoms with Crippen molar-refractivity contribution in [3.63, 3.8) is 0 Å². The molecule has 0 spiro atoms. The van der Waals surface area contributed by atoms with Crippen LogP contribution in [0.1, 0.15) is 31.8 Å². The molecule has 0 fully saturated rings. The van der Waals surface area contributed by atoms with Crippen LogP contribution in [0.3, 0.4) is 0 Å². The number of carbonyl (C=O) groups is 2. The molecule has 4 aromatic rings. The van der Waals surface area contributed by atoms with Crippen molar-refractivity contribution in [2.75, 3.05) is 5.32 Å². The number of anilines is 2. The standard InChI is InChI=1S/C21H15F2N5O2/c1-10-3-2-4-11(7-10)28-21-15-13(8-25-20(15)26-9-27-21)18(29)16-14(22)6-5-12(17(16)23)19(24)30/h2-9H,1H3,(H2,24,30)(H2,25,26,27,28). The number of ketones is 1. The first kappa shape index (κ1) is 19.2. The number of primary amides is 1. The van der Waals surface area contributed by atoms with Gasteiger partial charge < -0.3 is 16.0 Å². The van der Waals surface area contributed by atoms with Gasteiger partial charge in [-0.05, 0) is 36.8 Å². The van der Waals surface area contributed by atoms with Crippen LogP contribution in [0.2, 0.25) is 0 Å². The quantitative estimate of drug-likeness (QED) is 0.437. The number of aromatic nitrogens is 3. The highest BCUT2D eigenvalue weighted by Gasteiger charge is 2.27. The number of nitrogens with two attached hydrogens (primary N) is 1. The summed E-state index contributed by atoms with van der Waals surface area (Å²) in [6, 6.07) is 9.17. The molecule has 4 rings (SSSR count). The van der Waals surface area contributed by atoms with E-state index in [9.17, 15) is 18.4 Å². The zero-order chi connectivity index (χ0) is 21.4. The summed E-state index contributed by atoms with van der Waals surface area (Å²) in [4.78, 5) is 35.5. The van der Waals surface area contributed by atoms with Crippen LogP contribution in [0, 0.1) is 18.6 Å². The van der Waals surface area contributed by atoms with E-state index in [1.165, 1.54) is 12.5 Å². The zero-order valence-electron chi connectivity index (χ0n) is 15.7. The number of benzene rings is 2. The van der Waals surface area contributed by atoms with E-state index in [0.29, 0.717) is 11.3 Å². The number of amides is 1. The lowest BCUT2D eigenvalue weighted by Crippen LogP contribution is -2.17. The van der Waals surface area contributed by atoms with Gasteiger partial charge in [-0.1, -0.05) is 12.1 Å². The summed E-state index contributed by atoms with van der Waals surface area (Å²) in [6.07, 6.45) is 2.58. The monoisotopic (exact) mass is 407 g/mol. The SMILES string of the molecule is Cc1cccc(Nc2ncnc3[nH]cc(C(=O)c4c(F)ccc(C(N)=O)c4F)c23)c1. The van der Waals surface area contributed by atoms with Crippen LogP contribution in [-0.4, -0.2) is 26.6 Å². The third kappa shape index (κ3) is 3.26. The third-order valence-electron chi connectivity index (χ3n) is 4.58. The van der Waals surface area contributed by atoms with Crippen LogP contribution in [0.15, 0.2) is 48.9 Å². The van der Waals surface area contributed by atoms with E-state index in [2.05, 4.69) is 20.3 Å². The second-order valence-corrected chi connectivity index (χ2v) is 6.62. The number of rotatable bonds is 5. The summed E-state index contributed by atoms with van der Waals surface area (Å²) in [5, 5.41) is 3.35. The van der Waals surface area contributed by atoms with E-state index < -0.39 is 34.5 Å². The number of nitrogens with zero attached hydrogens (tertiary/aromatic N) is 2. The molecular weight excluding hydrogens is 392 g/mol. The molecule has 0 saturated carbocycles. The lowest BCUT2D eigenvalue weighted by molar-refractivity contribution is 0.0996. The van der Waals surface area contributed by atoms with Crippen molar-refractivity contribution in [1.29, 1.82) is 0 Å². The van der Waals surface area contributed by atoms with Gasteiger partial charge in [0.2, 0.25) is 5.78 Å². The van der Waals surface area contributed by atoms with Gasteiger partial charge in [0.25, 0.3) is 5.91 Å². The smallest absolute Gasteiger partial charge is 0.251 e. The van der Waals surface area contributed by atoms with E-state index in [-0.39, 0.29) is 16.8 Å². The molecular formula is C21H15F2N5O2. The van der Waals surface area contributed by atoms with Crippen LogP contribution in [-0.2, 0) is 0 Å². The summed E-state index contributed by atoms with van der Waals surface area (Å²) in [7, 11) is 0. The Morgan fingerprint density at radius 3 is 2.63 bits per heavy atom.